The fraction of sp³-hybridized carbons (Fsp3) is 0.471. The highest BCUT2D eigenvalue weighted by Crippen LogP contribution is 2.36. The highest BCUT2D eigenvalue weighted by molar-refractivity contribution is 6.03. The summed E-state index contributed by atoms with van der Waals surface area (Å²) in [4.78, 5) is 18.8. The van der Waals surface area contributed by atoms with Gasteiger partial charge in [-0.25, -0.2) is 0 Å². The summed E-state index contributed by atoms with van der Waals surface area (Å²) in [6.45, 7) is 5.26. The molecule has 1 fully saturated rings. The van der Waals surface area contributed by atoms with Gasteiger partial charge in [0.25, 0.3) is 0 Å². The largest absolute Gasteiger partial charge is 0.352 e. The standard InChI is InChI=1S/C17H20N2O/c1-2-11-9-19-8-7-12(11)17(20)16-14(10-19)13-5-3-4-6-15(13)18-16/h3-6,11-12,18H,2,7-10H2,1H3. The van der Waals surface area contributed by atoms with Gasteiger partial charge in [0.1, 0.15) is 0 Å². The molecule has 3 unspecified atom stereocenters. The van der Waals surface area contributed by atoms with Crippen molar-refractivity contribution < 1.29 is 4.79 Å². The van der Waals surface area contributed by atoms with Crippen LogP contribution in [0, 0.1) is 11.8 Å². The number of hydrogen-bond donors (Lipinski definition) is 1. The Morgan fingerprint density at radius 2 is 2.20 bits per heavy atom. The minimum atomic E-state index is 0.211. The number of carbonyl (C=O) groups is 1. The van der Waals surface area contributed by atoms with E-state index in [-0.39, 0.29) is 5.92 Å². The summed E-state index contributed by atoms with van der Waals surface area (Å²) in [5.74, 6) is 1.08. The summed E-state index contributed by atoms with van der Waals surface area (Å²) < 4.78 is 0. The number of aromatic nitrogens is 1. The van der Waals surface area contributed by atoms with Crippen LogP contribution in [0.25, 0.3) is 10.9 Å². The van der Waals surface area contributed by atoms with E-state index in [4.69, 9.17) is 0 Å². The second-order valence-corrected chi connectivity index (χ2v) is 6.19. The van der Waals surface area contributed by atoms with E-state index in [9.17, 15) is 4.79 Å². The molecule has 3 atom stereocenters. The van der Waals surface area contributed by atoms with Crippen LogP contribution in [0.2, 0.25) is 0 Å². The fourth-order valence-electron chi connectivity index (χ4n) is 3.99. The van der Waals surface area contributed by atoms with Crippen molar-refractivity contribution in [2.24, 2.45) is 11.8 Å². The van der Waals surface area contributed by atoms with Crippen molar-refractivity contribution in [1.82, 2.24) is 9.88 Å². The van der Waals surface area contributed by atoms with E-state index in [2.05, 4.69) is 35.0 Å². The zero-order valence-corrected chi connectivity index (χ0v) is 11.9. The van der Waals surface area contributed by atoms with Crippen LogP contribution in [-0.4, -0.2) is 28.8 Å². The third-order valence-electron chi connectivity index (χ3n) is 5.12. The second-order valence-electron chi connectivity index (χ2n) is 6.19. The maximum Gasteiger partial charge on any atom is 0.182 e. The SMILES string of the molecule is CCC1CN2CCC1C(=O)c1[nH]c3ccccc3c1C2. The number of fused-ring (bicyclic) bond motifs is 3. The van der Waals surface area contributed by atoms with E-state index in [1.807, 2.05) is 6.07 Å². The Hall–Kier alpha value is -1.61. The Balaban J connectivity index is 1.90. The molecule has 3 heteroatoms. The maximum atomic E-state index is 12.9. The van der Waals surface area contributed by atoms with Crippen LogP contribution in [-0.2, 0) is 6.54 Å². The predicted octanol–water partition coefficient (Wildman–Crippen LogP) is 3.21. The second kappa shape index (κ2) is 4.45. The minimum Gasteiger partial charge on any atom is -0.352 e. The third kappa shape index (κ3) is 1.66. The molecule has 0 aliphatic carbocycles. The number of H-pyrrole nitrogens is 1. The van der Waals surface area contributed by atoms with Crippen LogP contribution in [0.5, 0.6) is 0 Å². The van der Waals surface area contributed by atoms with Gasteiger partial charge in [0, 0.05) is 35.5 Å². The average molecular weight is 268 g/mol. The number of aromatic amines is 1. The molecular weight excluding hydrogens is 248 g/mol. The molecule has 3 nitrogen and oxygen atoms in total. The molecule has 20 heavy (non-hydrogen) atoms. The highest BCUT2D eigenvalue weighted by Gasteiger charge is 2.38. The molecule has 2 bridgehead atoms. The first kappa shape index (κ1) is 12.2. The first-order chi connectivity index (χ1) is 9.78. The average Bonchev–Trinajstić information content (AvgIpc) is 2.83. The van der Waals surface area contributed by atoms with Crippen molar-refractivity contribution in [3.05, 3.63) is 35.5 Å². The van der Waals surface area contributed by atoms with Gasteiger partial charge < -0.3 is 4.98 Å². The van der Waals surface area contributed by atoms with E-state index in [1.54, 1.807) is 0 Å². The van der Waals surface area contributed by atoms with Gasteiger partial charge >= 0.3 is 0 Å². The number of rotatable bonds is 1. The lowest BCUT2D eigenvalue weighted by atomic mass is 9.78. The molecule has 104 valence electrons. The van der Waals surface area contributed by atoms with Gasteiger partial charge in [-0.05, 0) is 24.9 Å². The monoisotopic (exact) mass is 268 g/mol. The number of Topliss-reactive ketones (excluding diaryl/α,β-unsaturated/α-hetero) is 1. The van der Waals surface area contributed by atoms with Crippen LogP contribution in [0.1, 0.15) is 35.8 Å². The third-order valence-corrected chi connectivity index (χ3v) is 5.12. The summed E-state index contributed by atoms with van der Waals surface area (Å²) in [6.07, 6.45) is 2.12. The molecule has 2 aromatic rings. The highest BCUT2D eigenvalue weighted by atomic mass is 16.1. The summed E-state index contributed by atoms with van der Waals surface area (Å²) in [5, 5.41) is 1.22. The molecule has 5 rings (SSSR count). The van der Waals surface area contributed by atoms with Gasteiger partial charge in [-0.15, -0.1) is 0 Å². The first-order valence-electron chi connectivity index (χ1n) is 7.64. The van der Waals surface area contributed by atoms with E-state index in [1.165, 1.54) is 10.9 Å². The lowest BCUT2D eigenvalue weighted by Gasteiger charge is -2.39. The van der Waals surface area contributed by atoms with Crippen molar-refractivity contribution in [3.63, 3.8) is 0 Å². The summed E-state index contributed by atoms with van der Waals surface area (Å²) >= 11 is 0. The van der Waals surface area contributed by atoms with Crippen LogP contribution < -0.4 is 0 Å². The first-order valence-corrected chi connectivity index (χ1v) is 7.64. The summed E-state index contributed by atoms with van der Waals surface area (Å²) in [6, 6.07) is 8.29. The molecule has 1 aromatic carbocycles. The number of nitrogens with zero attached hydrogens (tertiary/aromatic N) is 1. The van der Waals surface area contributed by atoms with E-state index in [0.29, 0.717) is 11.7 Å². The molecule has 3 aliphatic heterocycles. The van der Waals surface area contributed by atoms with Crippen LogP contribution >= 0.6 is 0 Å². The van der Waals surface area contributed by atoms with Gasteiger partial charge in [-0.1, -0.05) is 31.5 Å². The molecule has 0 saturated carbocycles. The molecule has 0 amide bonds. The van der Waals surface area contributed by atoms with Crippen molar-refractivity contribution in [3.8, 4) is 0 Å². The maximum absolute atomic E-state index is 12.9. The van der Waals surface area contributed by atoms with Crippen molar-refractivity contribution in [1.29, 1.82) is 0 Å². The number of para-hydroxylation sites is 1. The Morgan fingerprint density at radius 1 is 1.35 bits per heavy atom. The van der Waals surface area contributed by atoms with Crippen molar-refractivity contribution >= 4 is 16.7 Å². The van der Waals surface area contributed by atoms with Gasteiger partial charge in [0.15, 0.2) is 5.78 Å². The molecule has 4 heterocycles. The summed E-state index contributed by atoms with van der Waals surface area (Å²) in [7, 11) is 0. The van der Waals surface area contributed by atoms with Gasteiger partial charge in [0.2, 0.25) is 0 Å². The van der Waals surface area contributed by atoms with Gasteiger partial charge in [0.05, 0.1) is 5.69 Å². The molecular formula is C17H20N2O. The van der Waals surface area contributed by atoms with Crippen LogP contribution in [0.15, 0.2) is 24.3 Å². The summed E-state index contributed by atoms with van der Waals surface area (Å²) in [5.41, 5.74) is 3.19. The topological polar surface area (TPSA) is 36.1 Å². The number of ketones is 1. The van der Waals surface area contributed by atoms with Crippen molar-refractivity contribution in [2.45, 2.75) is 26.3 Å². The Labute approximate surface area is 119 Å². The lowest BCUT2D eigenvalue weighted by molar-refractivity contribution is 0.0642. The molecule has 1 saturated heterocycles. The lowest BCUT2D eigenvalue weighted by Crippen LogP contribution is -2.45. The van der Waals surface area contributed by atoms with E-state index in [0.717, 1.165) is 43.7 Å². The van der Waals surface area contributed by atoms with E-state index >= 15 is 0 Å². The number of nitrogens with one attached hydrogen (secondary N) is 1. The molecule has 3 aliphatic rings. The molecule has 1 N–H and O–H groups in total. The number of benzene rings is 1. The number of piperidine rings is 1. The molecule has 1 aromatic heterocycles. The van der Waals surface area contributed by atoms with Crippen molar-refractivity contribution in [2.75, 3.05) is 13.1 Å². The Morgan fingerprint density at radius 3 is 3.05 bits per heavy atom. The minimum absolute atomic E-state index is 0.211. The zero-order chi connectivity index (χ0) is 13.7. The fourth-order valence-corrected chi connectivity index (χ4v) is 3.99. The number of carbonyl (C=O) groups excluding carboxylic acids is 1. The quantitative estimate of drug-likeness (QED) is 0.862. The van der Waals surface area contributed by atoms with Crippen LogP contribution in [0.4, 0.5) is 0 Å². The van der Waals surface area contributed by atoms with Gasteiger partial charge in [-0.2, -0.15) is 0 Å². The van der Waals surface area contributed by atoms with Gasteiger partial charge in [-0.3, -0.25) is 9.69 Å². The van der Waals surface area contributed by atoms with Crippen LogP contribution in [0.3, 0.4) is 0 Å². The predicted molar refractivity (Wildman–Crippen MR) is 79.8 cm³/mol. The normalized spacial score (nSPS) is 29.2. The van der Waals surface area contributed by atoms with E-state index < -0.39 is 0 Å². The Kier molecular flexibility index (Phi) is 2.71. The number of hydrogen-bond acceptors (Lipinski definition) is 2. The smallest absolute Gasteiger partial charge is 0.182 e. The Bertz CT molecular complexity index is 673. The molecule has 0 radical (unpaired) electrons. The zero-order valence-electron chi connectivity index (χ0n) is 11.9. The molecule has 0 spiro atoms.